The van der Waals surface area contributed by atoms with Crippen LogP contribution in [0.1, 0.15) is 71.6 Å². The molecule has 3 aliphatic carbocycles. The van der Waals surface area contributed by atoms with Gasteiger partial charge in [-0.05, 0) is 74.2 Å². The Kier molecular flexibility index (Phi) is 7.02. The molecule has 174 valence electrons. The van der Waals surface area contributed by atoms with Gasteiger partial charge in [0.2, 0.25) is 9.84 Å². The Morgan fingerprint density at radius 2 is 2.06 bits per heavy atom. The maximum Gasteiger partial charge on any atom is 0.345 e. The van der Waals surface area contributed by atoms with Crippen molar-refractivity contribution in [3.05, 3.63) is 47.1 Å². The molecule has 0 aliphatic heterocycles. The van der Waals surface area contributed by atoms with Crippen molar-refractivity contribution in [3.63, 3.8) is 0 Å². The molecule has 1 N–H and O–H groups in total. The van der Waals surface area contributed by atoms with E-state index in [0.717, 1.165) is 49.7 Å². The molecule has 0 aromatic heterocycles. The molecule has 0 amide bonds. The van der Waals surface area contributed by atoms with E-state index in [4.69, 9.17) is 0 Å². The summed E-state index contributed by atoms with van der Waals surface area (Å²) in [5, 5.41) is 6.31. The lowest BCUT2D eigenvalue weighted by atomic mass is 9.62. The minimum atomic E-state index is -4.39. The van der Waals surface area contributed by atoms with Crippen LogP contribution in [0.2, 0.25) is 0 Å². The standard InChI is InChI=1S/C25H36F2O3S/c1-17-7-10-21(28)16-20(17)9-8-19-6-5-14-24(3)22(11-12-23(19)24)18(2)13-15-25(26,27)31(4,29)30/h8-9,11,18,21,23,28H,1,5-7,10,12-16H2,2-4H3/b19-8+,20-9-. The second-order valence-electron chi connectivity index (χ2n) is 10.0. The molecule has 6 heteroatoms. The normalized spacial score (nSPS) is 33.5. The Bertz CT molecular complexity index is 913. The molecule has 0 bridgehead atoms. The van der Waals surface area contributed by atoms with Gasteiger partial charge in [-0.25, -0.2) is 8.42 Å². The summed E-state index contributed by atoms with van der Waals surface area (Å²) in [6, 6.07) is 0. The van der Waals surface area contributed by atoms with Crippen LogP contribution in [0.25, 0.3) is 0 Å². The third-order valence-electron chi connectivity index (χ3n) is 7.74. The molecule has 0 aromatic rings. The topological polar surface area (TPSA) is 54.4 Å². The molecule has 3 rings (SSSR count). The summed E-state index contributed by atoms with van der Waals surface area (Å²) in [4.78, 5) is 0. The van der Waals surface area contributed by atoms with Crippen LogP contribution in [0, 0.1) is 17.3 Å². The second kappa shape index (κ2) is 8.93. The van der Waals surface area contributed by atoms with Gasteiger partial charge in [-0.15, -0.1) is 0 Å². The molecular weight excluding hydrogens is 418 g/mol. The van der Waals surface area contributed by atoms with Crippen LogP contribution in [0.5, 0.6) is 0 Å². The first-order valence-electron chi connectivity index (χ1n) is 11.4. The number of alkyl halides is 2. The van der Waals surface area contributed by atoms with Crippen LogP contribution >= 0.6 is 0 Å². The van der Waals surface area contributed by atoms with Gasteiger partial charge in [-0.3, -0.25) is 0 Å². The highest BCUT2D eigenvalue weighted by Gasteiger charge is 2.47. The molecule has 3 nitrogen and oxygen atoms in total. The first kappa shape index (κ1) is 24.4. The van der Waals surface area contributed by atoms with Gasteiger partial charge in [0.1, 0.15) is 0 Å². The number of fused-ring (bicyclic) bond motifs is 1. The Morgan fingerprint density at radius 3 is 2.74 bits per heavy atom. The Morgan fingerprint density at radius 1 is 1.35 bits per heavy atom. The van der Waals surface area contributed by atoms with Gasteiger partial charge in [-0.2, -0.15) is 8.78 Å². The molecule has 3 aliphatic rings. The van der Waals surface area contributed by atoms with E-state index in [-0.39, 0.29) is 23.9 Å². The molecule has 2 fully saturated rings. The highest BCUT2D eigenvalue weighted by atomic mass is 32.2. The predicted molar refractivity (Wildman–Crippen MR) is 122 cm³/mol. The van der Waals surface area contributed by atoms with E-state index in [1.165, 1.54) is 11.1 Å². The Balaban J connectivity index is 1.74. The zero-order valence-electron chi connectivity index (χ0n) is 19.0. The van der Waals surface area contributed by atoms with E-state index in [0.29, 0.717) is 18.6 Å². The minimum Gasteiger partial charge on any atom is -0.393 e. The number of aliphatic hydroxyl groups excluding tert-OH is 1. The molecular formula is C25H36F2O3S. The Labute approximate surface area is 185 Å². The first-order chi connectivity index (χ1) is 14.3. The van der Waals surface area contributed by atoms with Crippen molar-refractivity contribution in [1.82, 2.24) is 0 Å². The van der Waals surface area contributed by atoms with Gasteiger partial charge >= 0.3 is 5.25 Å². The van der Waals surface area contributed by atoms with Gasteiger partial charge in [0.25, 0.3) is 0 Å². The maximum absolute atomic E-state index is 14.0. The summed E-state index contributed by atoms with van der Waals surface area (Å²) in [6.45, 7) is 8.33. The van der Waals surface area contributed by atoms with E-state index in [9.17, 15) is 22.3 Å². The molecule has 0 radical (unpaired) electrons. The number of allylic oxidation sites excluding steroid dienone is 6. The van der Waals surface area contributed by atoms with E-state index < -0.39 is 21.5 Å². The number of sulfone groups is 1. The van der Waals surface area contributed by atoms with Crippen LogP contribution in [-0.4, -0.2) is 31.1 Å². The van der Waals surface area contributed by atoms with Crippen molar-refractivity contribution in [2.24, 2.45) is 17.3 Å². The van der Waals surface area contributed by atoms with E-state index in [1.54, 1.807) is 0 Å². The molecule has 0 aromatic carbocycles. The summed E-state index contributed by atoms with van der Waals surface area (Å²) < 4.78 is 50.6. The van der Waals surface area contributed by atoms with Crippen molar-refractivity contribution in [1.29, 1.82) is 0 Å². The second-order valence-corrected chi connectivity index (χ2v) is 12.1. The lowest BCUT2D eigenvalue weighted by Crippen LogP contribution is -2.33. The number of halogens is 2. The van der Waals surface area contributed by atoms with Crippen molar-refractivity contribution in [2.45, 2.75) is 83.0 Å². The molecule has 4 atom stereocenters. The zero-order chi connectivity index (χ0) is 23.0. The number of aliphatic hydroxyl groups is 1. The minimum absolute atomic E-state index is 0.0640. The third kappa shape index (κ3) is 5.05. The Hall–Kier alpha value is -1.27. The maximum atomic E-state index is 14.0. The highest BCUT2D eigenvalue weighted by molar-refractivity contribution is 7.91. The fraction of sp³-hybridized carbons (Fsp3) is 0.680. The van der Waals surface area contributed by atoms with E-state index in [2.05, 4.69) is 31.7 Å². The molecule has 31 heavy (non-hydrogen) atoms. The van der Waals surface area contributed by atoms with Crippen molar-refractivity contribution in [2.75, 3.05) is 6.26 Å². The quantitative estimate of drug-likeness (QED) is 0.491. The zero-order valence-corrected chi connectivity index (χ0v) is 19.8. The summed E-state index contributed by atoms with van der Waals surface area (Å²) in [7, 11) is -4.39. The van der Waals surface area contributed by atoms with Crippen LogP contribution in [0.15, 0.2) is 47.1 Å². The van der Waals surface area contributed by atoms with Gasteiger partial charge in [-0.1, -0.05) is 55.4 Å². The number of hydrogen-bond acceptors (Lipinski definition) is 3. The third-order valence-corrected chi connectivity index (χ3v) is 9.03. The van der Waals surface area contributed by atoms with E-state index in [1.807, 2.05) is 6.92 Å². The average molecular weight is 455 g/mol. The fourth-order valence-electron chi connectivity index (χ4n) is 5.74. The molecule has 0 saturated heterocycles. The van der Waals surface area contributed by atoms with E-state index >= 15 is 0 Å². The monoisotopic (exact) mass is 454 g/mol. The van der Waals surface area contributed by atoms with Crippen molar-refractivity contribution >= 4 is 9.84 Å². The lowest BCUT2D eigenvalue weighted by molar-refractivity contribution is 0.0756. The highest BCUT2D eigenvalue weighted by Crippen LogP contribution is 2.57. The summed E-state index contributed by atoms with van der Waals surface area (Å²) in [6.07, 6.45) is 12.6. The van der Waals surface area contributed by atoms with Crippen LogP contribution in [0.4, 0.5) is 8.78 Å². The summed E-state index contributed by atoms with van der Waals surface area (Å²) in [5.74, 6) is 0.279. The summed E-state index contributed by atoms with van der Waals surface area (Å²) in [5.41, 5.74) is 4.75. The van der Waals surface area contributed by atoms with Gasteiger partial charge in [0.05, 0.1) is 6.10 Å². The van der Waals surface area contributed by atoms with Crippen LogP contribution in [-0.2, 0) is 9.84 Å². The fourth-order valence-corrected chi connectivity index (χ4v) is 6.23. The van der Waals surface area contributed by atoms with Gasteiger partial charge in [0.15, 0.2) is 0 Å². The SMILES string of the molecule is C=C1CCC(O)C/C1=C/C=C1\CCCC2(C)C(C(C)CCC(F)(F)S(C)(=O)=O)=CCC12. The lowest BCUT2D eigenvalue weighted by Gasteiger charge is -2.42. The molecule has 2 saturated carbocycles. The number of hydrogen-bond donors (Lipinski definition) is 1. The van der Waals surface area contributed by atoms with Crippen LogP contribution in [0.3, 0.4) is 0 Å². The number of rotatable bonds is 6. The van der Waals surface area contributed by atoms with Gasteiger partial charge in [0, 0.05) is 12.7 Å². The molecule has 4 unspecified atom stereocenters. The van der Waals surface area contributed by atoms with Crippen molar-refractivity contribution in [3.8, 4) is 0 Å². The summed E-state index contributed by atoms with van der Waals surface area (Å²) >= 11 is 0. The average Bonchev–Trinajstić information content (AvgIpc) is 3.03. The molecule has 0 spiro atoms. The predicted octanol–water partition coefficient (Wildman–Crippen LogP) is 6.13. The van der Waals surface area contributed by atoms with Gasteiger partial charge < -0.3 is 5.11 Å². The smallest absolute Gasteiger partial charge is 0.345 e. The molecule has 0 heterocycles. The first-order valence-corrected chi connectivity index (χ1v) is 13.3. The largest absolute Gasteiger partial charge is 0.393 e. The van der Waals surface area contributed by atoms with Crippen LogP contribution < -0.4 is 0 Å². The van der Waals surface area contributed by atoms with Crippen molar-refractivity contribution < 1.29 is 22.3 Å².